The second-order valence-corrected chi connectivity index (χ2v) is 14.0. The van der Waals surface area contributed by atoms with Gasteiger partial charge < -0.3 is 13.9 Å². The molecule has 6 heteroatoms. The molecule has 3 aromatic rings. The van der Waals surface area contributed by atoms with E-state index in [1.165, 1.54) is 10.7 Å². The summed E-state index contributed by atoms with van der Waals surface area (Å²) in [7, 11) is -1.83. The molecule has 0 aliphatic heterocycles. The quantitative estimate of drug-likeness (QED) is 0.419. The molecule has 0 atom stereocenters. The third kappa shape index (κ3) is 6.38. The van der Waals surface area contributed by atoms with Crippen molar-refractivity contribution in [1.29, 1.82) is 0 Å². The Balaban J connectivity index is 0.000000298. The van der Waals surface area contributed by atoms with Gasteiger partial charge in [0.25, 0.3) is 7.82 Å². The number of rotatable bonds is 5. The van der Waals surface area contributed by atoms with Crippen LogP contribution in [-0.4, -0.2) is 34.0 Å². The Hall–Kier alpha value is -1.43. The van der Waals surface area contributed by atoms with Gasteiger partial charge in [0, 0.05) is 14.2 Å². The Labute approximate surface area is 161 Å². The Morgan fingerprint density at radius 1 is 0.654 bits per heavy atom. The molecule has 0 saturated heterocycles. The van der Waals surface area contributed by atoms with Gasteiger partial charge >= 0.3 is 121 Å². The molecule has 0 spiro atoms. The van der Waals surface area contributed by atoms with Gasteiger partial charge in [0.05, 0.1) is 0 Å². The predicted octanol–water partition coefficient (Wildman–Crippen LogP) is 1.95. The Morgan fingerprint density at radius 2 is 0.923 bits per heavy atom. The van der Waals surface area contributed by atoms with Crippen molar-refractivity contribution in [2.24, 2.45) is 0 Å². The first-order valence-electron chi connectivity index (χ1n) is 8.03. The summed E-state index contributed by atoms with van der Waals surface area (Å²) in [6, 6.07) is 32.9. The summed E-state index contributed by atoms with van der Waals surface area (Å²) in [5.74, 6) is 0. The minimum absolute atomic E-state index is 1.04. The van der Waals surface area contributed by atoms with Crippen molar-refractivity contribution in [2.75, 3.05) is 14.2 Å². The molecule has 0 aromatic heterocycles. The van der Waals surface area contributed by atoms with Gasteiger partial charge in [-0.25, -0.2) is 0 Å². The average molecular weight is 475 g/mol. The molecule has 0 N–H and O–H groups in total. The Bertz CT molecular complexity index is 711. The summed E-state index contributed by atoms with van der Waals surface area (Å²) in [4.78, 5) is 9.95. The van der Waals surface area contributed by atoms with E-state index in [0.717, 1.165) is 14.2 Å². The fourth-order valence-electron chi connectivity index (χ4n) is 2.39. The second-order valence-electron chi connectivity index (χ2n) is 5.29. The Kier molecular flexibility index (Phi) is 8.55. The molecule has 0 heterocycles. The topological polar surface area (TPSA) is 58.6 Å². The van der Waals surface area contributed by atoms with Gasteiger partial charge in [-0.05, 0) is 0 Å². The molecule has 0 unspecified atom stereocenters. The van der Waals surface area contributed by atoms with Crippen LogP contribution in [0, 0.1) is 0 Å². The standard InChI is InChI=1S/3C6H5.C2H7O4P.Sn/c3*1-2-4-6-5-3-1;1-5-7(3,4)6-2;/h3*1-5H;1-2H3,(H,3,4);/q;;;;+1/p-1. The minimum atomic E-state index is -3.90. The van der Waals surface area contributed by atoms with Crippen LogP contribution in [0.1, 0.15) is 0 Å². The molecule has 3 rings (SSSR count). The molecule has 0 radical (unpaired) electrons. The van der Waals surface area contributed by atoms with Crippen molar-refractivity contribution in [1.82, 2.24) is 0 Å². The van der Waals surface area contributed by atoms with Gasteiger partial charge in [0.2, 0.25) is 0 Å². The summed E-state index contributed by atoms with van der Waals surface area (Å²) < 4.78 is 22.3. The normalized spacial score (nSPS) is 10.6. The van der Waals surface area contributed by atoms with Crippen molar-refractivity contribution in [3.05, 3.63) is 91.0 Å². The average Bonchev–Trinajstić information content (AvgIpc) is 2.71. The first-order valence-corrected chi connectivity index (χ1v) is 13.8. The fourth-order valence-corrected chi connectivity index (χ4v) is 9.89. The molecule has 0 saturated carbocycles. The monoisotopic (exact) mass is 476 g/mol. The van der Waals surface area contributed by atoms with Gasteiger partial charge in [-0.1, -0.05) is 0 Å². The van der Waals surface area contributed by atoms with Gasteiger partial charge in [-0.15, -0.1) is 0 Å². The molecule has 26 heavy (non-hydrogen) atoms. The van der Waals surface area contributed by atoms with Gasteiger partial charge in [0.1, 0.15) is 0 Å². The number of hydrogen-bond acceptors (Lipinski definition) is 4. The molecule has 0 amide bonds. The SMILES string of the molecule is COP(=O)([O-])OC.c1cc[c]([Sn+]([c]2ccccc2)[c]2ccccc2)cc1. The third-order valence-electron chi connectivity index (χ3n) is 3.63. The second kappa shape index (κ2) is 10.7. The number of benzene rings is 3. The maximum atomic E-state index is 9.95. The van der Waals surface area contributed by atoms with Crippen LogP contribution in [0.2, 0.25) is 0 Å². The van der Waals surface area contributed by atoms with E-state index < -0.39 is 27.6 Å². The summed E-state index contributed by atoms with van der Waals surface area (Å²) in [5, 5.41) is 0. The van der Waals surface area contributed by atoms with Crippen molar-refractivity contribution >= 4 is 38.3 Å². The molecule has 4 nitrogen and oxygen atoms in total. The number of phosphoric ester groups is 1. The zero-order valence-electron chi connectivity index (χ0n) is 14.7. The molecule has 3 aromatic carbocycles. The number of hydrogen-bond donors (Lipinski definition) is 0. The maximum absolute atomic E-state index is 9.95. The molecule has 0 aliphatic carbocycles. The molecular formula is C20H21O4PSn. The van der Waals surface area contributed by atoms with E-state index in [-0.39, 0.29) is 0 Å². The van der Waals surface area contributed by atoms with Crippen LogP contribution in [0.4, 0.5) is 0 Å². The summed E-state index contributed by atoms with van der Waals surface area (Å²) in [6.45, 7) is 0. The zero-order chi connectivity index (χ0) is 18.8. The van der Waals surface area contributed by atoms with Crippen molar-refractivity contribution in [2.45, 2.75) is 0 Å². The molecule has 0 aliphatic rings. The first kappa shape index (κ1) is 20.9. The molecule has 0 bridgehead atoms. The third-order valence-corrected chi connectivity index (χ3v) is 12.3. The van der Waals surface area contributed by atoms with Crippen LogP contribution in [-0.2, 0) is 13.6 Å². The summed E-state index contributed by atoms with van der Waals surface area (Å²) in [6.07, 6.45) is 0. The Morgan fingerprint density at radius 3 is 1.12 bits per heavy atom. The van der Waals surface area contributed by atoms with E-state index in [9.17, 15) is 9.46 Å². The first-order chi connectivity index (χ1) is 12.6. The number of phosphoric acid groups is 1. The van der Waals surface area contributed by atoms with E-state index in [4.69, 9.17) is 0 Å². The molecular weight excluding hydrogens is 454 g/mol. The van der Waals surface area contributed by atoms with Crippen LogP contribution in [0.5, 0.6) is 0 Å². The van der Waals surface area contributed by atoms with Crippen molar-refractivity contribution in [3.8, 4) is 0 Å². The molecule has 0 fully saturated rings. The summed E-state index contributed by atoms with van der Waals surface area (Å²) >= 11 is -1.98. The molecule has 134 valence electrons. The van der Waals surface area contributed by atoms with E-state index >= 15 is 0 Å². The van der Waals surface area contributed by atoms with Crippen LogP contribution in [0.15, 0.2) is 91.0 Å². The van der Waals surface area contributed by atoms with Crippen LogP contribution < -0.4 is 15.6 Å². The predicted molar refractivity (Wildman–Crippen MR) is 106 cm³/mol. The van der Waals surface area contributed by atoms with Gasteiger partial charge in [-0.3, -0.25) is 4.57 Å². The van der Waals surface area contributed by atoms with E-state index in [1.54, 1.807) is 0 Å². The fraction of sp³-hybridized carbons (Fsp3) is 0.100. The van der Waals surface area contributed by atoms with E-state index in [1.807, 2.05) is 0 Å². The van der Waals surface area contributed by atoms with Crippen LogP contribution >= 0.6 is 7.82 Å². The van der Waals surface area contributed by atoms with Gasteiger partial charge in [0.15, 0.2) is 0 Å². The van der Waals surface area contributed by atoms with E-state index in [0.29, 0.717) is 0 Å². The zero-order valence-corrected chi connectivity index (χ0v) is 18.5. The van der Waals surface area contributed by atoms with Gasteiger partial charge in [-0.2, -0.15) is 0 Å². The van der Waals surface area contributed by atoms with Crippen molar-refractivity contribution in [3.63, 3.8) is 0 Å². The van der Waals surface area contributed by atoms with Crippen LogP contribution in [0.3, 0.4) is 0 Å². The summed E-state index contributed by atoms with van der Waals surface area (Å²) in [5.41, 5.74) is 0. The van der Waals surface area contributed by atoms with Crippen molar-refractivity contribution < 1.29 is 18.5 Å². The van der Waals surface area contributed by atoms with E-state index in [2.05, 4.69) is 100 Å². The van der Waals surface area contributed by atoms with Crippen LogP contribution in [0.25, 0.3) is 0 Å².